The molecule has 0 aromatic heterocycles. The zero-order valence-electron chi connectivity index (χ0n) is 58.9. The van der Waals surface area contributed by atoms with Gasteiger partial charge in [-0.3, -0.25) is 4.79 Å². The SMILES string of the molecule is CCCCCCCCCCCCCCCCCCCCCCCC[C@@H](C(=O)O)[C@H](O)CCCCCCCCCCCCCCCCCCCC1CC1CCCCCCCCCCC1CC1CCCCCCCCCCCCCCCCCCCC. The van der Waals surface area contributed by atoms with Gasteiger partial charge in [-0.2, -0.15) is 0 Å². The van der Waals surface area contributed by atoms with E-state index in [0.29, 0.717) is 12.8 Å². The molecule has 2 aliphatic carbocycles. The molecule has 0 radical (unpaired) electrons. The molecule has 0 heterocycles. The van der Waals surface area contributed by atoms with Crippen molar-refractivity contribution in [3.8, 4) is 0 Å². The van der Waals surface area contributed by atoms with Crippen molar-refractivity contribution in [1.82, 2.24) is 0 Å². The number of hydrogen-bond donors (Lipinski definition) is 2. The Morgan fingerprint density at radius 1 is 0.247 bits per heavy atom. The topological polar surface area (TPSA) is 57.5 Å². The molecule has 0 spiro atoms. The number of hydrogen-bond acceptors (Lipinski definition) is 2. The first-order valence-electron chi connectivity index (χ1n) is 41.0. The van der Waals surface area contributed by atoms with Gasteiger partial charge in [0.2, 0.25) is 0 Å². The fraction of sp³-hybridized carbons (Fsp3) is 0.988. The first-order valence-corrected chi connectivity index (χ1v) is 41.0. The maximum absolute atomic E-state index is 12.0. The molecule has 2 rings (SSSR count). The predicted octanol–water partition coefficient (Wildman–Crippen LogP) is 29.1. The number of carboxylic acid groups (broad SMARTS) is 1. The Morgan fingerprint density at radius 3 is 0.576 bits per heavy atom. The molecule has 2 aliphatic rings. The van der Waals surface area contributed by atoms with E-state index in [-0.39, 0.29) is 0 Å². The van der Waals surface area contributed by atoms with Crippen LogP contribution in [0.2, 0.25) is 0 Å². The minimum absolute atomic E-state index is 0.581. The van der Waals surface area contributed by atoms with Crippen molar-refractivity contribution in [2.75, 3.05) is 0 Å². The predicted molar refractivity (Wildman–Crippen MR) is 379 cm³/mol. The van der Waals surface area contributed by atoms with Gasteiger partial charge in [-0.1, -0.05) is 457 Å². The van der Waals surface area contributed by atoms with E-state index in [1.54, 1.807) is 25.7 Å². The van der Waals surface area contributed by atoms with Crippen molar-refractivity contribution in [2.24, 2.45) is 29.6 Å². The van der Waals surface area contributed by atoms with Crippen molar-refractivity contribution < 1.29 is 15.0 Å². The third kappa shape index (κ3) is 57.1. The molecule has 0 saturated heterocycles. The maximum atomic E-state index is 12.0. The van der Waals surface area contributed by atoms with E-state index in [9.17, 15) is 15.0 Å². The Morgan fingerprint density at radius 2 is 0.400 bits per heavy atom. The second-order valence-electron chi connectivity index (χ2n) is 30.0. The van der Waals surface area contributed by atoms with Crippen LogP contribution in [0.15, 0.2) is 0 Å². The highest BCUT2D eigenvalue weighted by atomic mass is 16.4. The van der Waals surface area contributed by atoms with Gasteiger partial charge in [0.05, 0.1) is 12.0 Å². The molecule has 0 aromatic rings. The van der Waals surface area contributed by atoms with Crippen LogP contribution in [-0.2, 0) is 4.79 Å². The highest BCUT2D eigenvalue weighted by molar-refractivity contribution is 5.70. The first-order chi connectivity index (χ1) is 42.1. The highest BCUT2D eigenvalue weighted by Gasteiger charge is 2.36. The molecule has 2 N–H and O–H groups in total. The fourth-order valence-electron chi connectivity index (χ4n) is 15.3. The second-order valence-corrected chi connectivity index (χ2v) is 30.0. The molecule has 4 unspecified atom stereocenters. The molecule has 0 bridgehead atoms. The molecule has 506 valence electrons. The van der Waals surface area contributed by atoms with Crippen molar-refractivity contribution in [1.29, 1.82) is 0 Å². The normalized spacial score (nSPS) is 17.3. The fourth-order valence-corrected chi connectivity index (χ4v) is 15.3. The Hall–Kier alpha value is -0.570. The summed E-state index contributed by atoms with van der Waals surface area (Å²) in [6.45, 7) is 4.61. The van der Waals surface area contributed by atoms with Gasteiger partial charge in [0.1, 0.15) is 0 Å². The summed E-state index contributed by atoms with van der Waals surface area (Å²) in [5.41, 5.74) is 0. The van der Waals surface area contributed by atoms with Gasteiger partial charge < -0.3 is 10.2 Å². The monoisotopic (exact) mass is 1190 g/mol. The van der Waals surface area contributed by atoms with Crippen LogP contribution in [0, 0.1) is 29.6 Å². The number of aliphatic hydroxyl groups is 1. The Balaban J connectivity index is 1.18. The molecule has 0 aliphatic heterocycles. The number of carboxylic acids is 1. The highest BCUT2D eigenvalue weighted by Crippen LogP contribution is 2.47. The largest absolute Gasteiger partial charge is 0.481 e. The number of carbonyl (C=O) groups is 1. The molecule has 6 atom stereocenters. The van der Waals surface area contributed by atoms with Gasteiger partial charge in [-0.25, -0.2) is 0 Å². The standard InChI is InChI=1S/C82H160O3/c1-3-5-7-9-11-13-15-17-19-21-23-24-25-26-30-34-38-42-46-54-60-66-72-80(82(84)85)81(83)73-67-61-55-47-43-39-35-31-27-29-33-37-41-45-51-57-63-69-77-75-79(77)71-65-59-53-49-48-52-58-64-70-78-74-76(78)68-62-56-50-44-40-36-32-28-22-20-18-16-14-12-10-8-6-4-2/h76-81,83H,3-75H2,1-2H3,(H,84,85)/t76?,77?,78?,79?,80-,81-/m1/s1. The number of aliphatic hydroxyl groups excluding tert-OH is 1. The zero-order valence-corrected chi connectivity index (χ0v) is 58.9. The Bertz CT molecular complexity index is 1300. The molecule has 2 fully saturated rings. The van der Waals surface area contributed by atoms with Crippen LogP contribution in [0.4, 0.5) is 0 Å². The summed E-state index contributed by atoms with van der Waals surface area (Å²) in [7, 11) is 0. The Labute approximate surface area is 536 Å². The summed E-state index contributed by atoms with van der Waals surface area (Å²) in [4.78, 5) is 12.0. The molecule has 3 nitrogen and oxygen atoms in total. The van der Waals surface area contributed by atoms with Gasteiger partial charge >= 0.3 is 5.97 Å². The number of aliphatic carboxylic acids is 1. The molecule has 2 saturated carbocycles. The van der Waals surface area contributed by atoms with Gasteiger partial charge in [0, 0.05) is 0 Å². The quantitative estimate of drug-likeness (QED) is 0.0597. The lowest BCUT2D eigenvalue weighted by Gasteiger charge is -2.19. The van der Waals surface area contributed by atoms with E-state index < -0.39 is 18.0 Å². The van der Waals surface area contributed by atoms with Gasteiger partial charge in [0.25, 0.3) is 0 Å². The minimum Gasteiger partial charge on any atom is -0.481 e. The van der Waals surface area contributed by atoms with E-state index in [4.69, 9.17) is 0 Å². The average Bonchev–Trinajstić information content (AvgIpc) is 4.63. The van der Waals surface area contributed by atoms with Crippen molar-refractivity contribution in [3.63, 3.8) is 0 Å². The summed E-state index contributed by atoms with van der Waals surface area (Å²) >= 11 is 0. The van der Waals surface area contributed by atoms with E-state index in [1.165, 1.54) is 405 Å². The summed E-state index contributed by atoms with van der Waals surface area (Å²) in [5, 5.41) is 20.6. The molecule has 0 aromatic carbocycles. The second kappa shape index (κ2) is 64.9. The molecule has 3 heteroatoms. The van der Waals surface area contributed by atoms with Gasteiger partial charge in [-0.15, -0.1) is 0 Å². The van der Waals surface area contributed by atoms with Gasteiger partial charge in [-0.05, 0) is 49.4 Å². The van der Waals surface area contributed by atoms with Crippen molar-refractivity contribution in [3.05, 3.63) is 0 Å². The van der Waals surface area contributed by atoms with Crippen LogP contribution in [0.3, 0.4) is 0 Å². The van der Waals surface area contributed by atoms with Crippen molar-refractivity contribution >= 4 is 5.97 Å². The molecule has 0 amide bonds. The number of rotatable bonds is 75. The van der Waals surface area contributed by atoms with Gasteiger partial charge in [0.15, 0.2) is 0 Å². The smallest absolute Gasteiger partial charge is 0.309 e. The maximum Gasteiger partial charge on any atom is 0.309 e. The van der Waals surface area contributed by atoms with E-state index >= 15 is 0 Å². The van der Waals surface area contributed by atoms with Crippen LogP contribution in [0.1, 0.15) is 483 Å². The minimum atomic E-state index is -0.796. The summed E-state index contributed by atoms with van der Waals surface area (Å²) in [5.74, 6) is 3.06. The van der Waals surface area contributed by atoms with Crippen LogP contribution in [0.5, 0.6) is 0 Å². The zero-order chi connectivity index (χ0) is 60.7. The third-order valence-corrected chi connectivity index (χ3v) is 21.7. The lowest BCUT2D eigenvalue weighted by molar-refractivity contribution is -0.146. The summed E-state index contributed by atoms with van der Waals surface area (Å²) < 4.78 is 0. The van der Waals surface area contributed by atoms with E-state index in [0.717, 1.165) is 49.4 Å². The number of unbranched alkanes of at least 4 members (excludes halogenated alkanes) is 61. The average molecular weight is 1190 g/mol. The lowest BCUT2D eigenvalue weighted by atomic mass is 9.91. The summed E-state index contributed by atoms with van der Waals surface area (Å²) in [6.07, 6.45) is 102. The van der Waals surface area contributed by atoms with Crippen LogP contribution >= 0.6 is 0 Å². The molecular weight excluding hydrogens is 1030 g/mol. The van der Waals surface area contributed by atoms with E-state index in [1.807, 2.05) is 0 Å². The summed E-state index contributed by atoms with van der Waals surface area (Å²) in [6, 6.07) is 0. The third-order valence-electron chi connectivity index (χ3n) is 21.7. The van der Waals surface area contributed by atoms with Crippen LogP contribution in [-0.4, -0.2) is 22.3 Å². The Kier molecular flexibility index (Phi) is 61.5. The van der Waals surface area contributed by atoms with Crippen molar-refractivity contribution in [2.45, 2.75) is 489 Å². The van der Waals surface area contributed by atoms with Crippen LogP contribution < -0.4 is 0 Å². The lowest BCUT2D eigenvalue weighted by Crippen LogP contribution is -2.28. The van der Waals surface area contributed by atoms with Crippen LogP contribution in [0.25, 0.3) is 0 Å². The first kappa shape index (κ1) is 80.5. The molecule has 85 heavy (non-hydrogen) atoms. The molecular formula is C82H160O3. The van der Waals surface area contributed by atoms with E-state index in [2.05, 4.69) is 13.8 Å².